The summed E-state index contributed by atoms with van der Waals surface area (Å²) in [4.78, 5) is 0. The molecule has 2 rings (SSSR count). The largest absolute Gasteiger partial charge is 0.382 e. The number of nitrogens with one attached hydrogen (secondary N) is 1. The number of halogens is 1. The standard InChI is InChI=1S/C13H18BrN/c1-9-7-12(14)5-6-13(9)15-10(2)8-11-3-4-11/h5-7,10-11,15H,3-4,8H2,1-2H3. The summed E-state index contributed by atoms with van der Waals surface area (Å²) in [5.41, 5.74) is 2.58. The lowest BCUT2D eigenvalue weighted by atomic mass is 10.1. The van der Waals surface area contributed by atoms with E-state index in [0.717, 1.165) is 10.4 Å². The molecule has 1 nitrogen and oxygen atoms in total. The third-order valence-electron chi connectivity index (χ3n) is 2.97. The van der Waals surface area contributed by atoms with Crippen molar-refractivity contribution < 1.29 is 0 Å². The molecule has 1 aromatic rings. The molecule has 0 heterocycles. The quantitative estimate of drug-likeness (QED) is 0.855. The van der Waals surface area contributed by atoms with Crippen molar-refractivity contribution in [3.05, 3.63) is 28.2 Å². The van der Waals surface area contributed by atoms with Crippen molar-refractivity contribution in [1.82, 2.24) is 0 Å². The molecule has 1 aromatic carbocycles. The van der Waals surface area contributed by atoms with Gasteiger partial charge < -0.3 is 5.32 Å². The molecule has 1 unspecified atom stereocenters. The first-order chi connectivity index (χ1) is 7.15. The lowest BCUT2D eigenvalue weighted by Crippen LogP contribution is -2.16. The second-order valence-corrected chi connectivity index (χ2v) is 5.60. The Balaban J connectivity index is 1.96. The molecule has 0 aromatic heterocycles. The van der Waals surface area contributed by atoms with E-state index < -0.39 is 0 Å². The van der Waals surface area contributed by atoms with Gasteiger partial charge in [0.05, 0.1) is 0 Å². The molecule has 82 valence electrons. The Kier molecular flexibility index (Phi) is 3.35. The van der Waals surface area contributed by atoms with Crippen molar-refractivity contribution in [1.29, 1.82) is 0 Å². The zero-order valence-electron chi connectivity index (χ0n) is 9.39. The molecule has 15 heavy (non-hydrogen) atoms. The third kappa shape index (κ3) is 3.23. The maximum Gasteiger partial charge on any atom is 0.0372 e. The number of aryl methyl sites for hydroxylation is 1. The van der Waals surface area contributed by atoms with Crippen LogP contribution >= 0.6 is 15.9 Å². The summed E-state index contributed by atoms with van der Waals surface area (Å²) < 4.78 is 1.15. The highest BCUT2D eigenvalue weighted by Gasteiger charge is 2.23. The average Bonchev–Trinajstić information content (AvgIpc) is 2.94. The van der Waals surface area contributed by atoms with E-state index in [2.05, 4.69) is 53.3 Å². The SMILES string of the molecule is Cc1cc(Br)ccc1NC(C)CC1CC1. The third-order valence-corrected chi connectivity index (χ3v) is 3.47. The molecule has 0 amide bonds. The van der Waals surface area contributed by atoms with Gasteiger partial charge in [0.2, 0.25) is 0 Å². The molecular formula is C13H18BrN. The van der Waals surface area contributed by atoms with Gasteiger partial charge >= 0.3 is 0 Å². The summed E-state index contributed by atoms with van der Waals surface area (Å²) in [6.45, 7) is 4.43. The van der Waals surface area contributed by atoms with E-state index in [-0.39, 0.29) is 0 Å². The van der Waals surface area contributed by atoms with Crippen molar-refractivity contribution in [3.8, 4) is 0 Å². The summed E-state index contributed by atoms with van der Waals surface area (Å²) in [6, 6.07) is 7.01. The maximum atomic E-state index is 3.59. The minimum atomic E-state index is 0.595. The van der Waals surface area contributed by atoms with E-state index in [1.54, 1.807) is 0 Å². The highest BCUT2D eigenvalue weighted by molar-refractivity contribution is 9.10. The Bertz CT molecular complexity index is 344. The van der Waals surface area contributed by atoms with Crippen LogP contribution in [0.3, 0.4) is 0 Å². The molecule has 0 radical (unpaired) electrons. The maximum absolute atomic E-state index is 3.59. The van der Waals surface area contributed by atoms with Gasteiger partial charge in [0, 0.05) is 16.2 Å². The molecule has 2 heteroatoms. The molecule has 1 aliphatic rings. The number of benzene rings is 1. The smallest absolute Gasteiger partial charge is 0.0372 e. The summed E-state index contributed by atoms with van der Waals surface area (Å²) in [6.07, 6.45) is 4.19. The van der Waals surface area contributed by atoms with Gasteiger partial charge in [-0.05, 0) is 49.9 Å². The van der Waals surface area contributed by atoms with Crippen molar-refractivity contribution in [2.45, 2.75) is 39.2 Å². The second-order valence-electron chi connectivity index (χ2n) is 4.68. The zero-order valence-corrected chi connectivity index (χ0v) is 11.0. The minimum absolute atomic E-state index is 0.595. The van der Waals surface area contributed by atoms with Gasteiger partial charge in [-0.1, -0.05) is 28.8 Å². The molecule has 1 saturated carbocycles. The fourth-order valence-corrected chi connectivity index (χ4v) is 2.44. The average molecular weight is 268 g/mol. The number of anilines is 1. The molecule has 1 fully saturated rings. The fraction of sp³-hybridized carbons (Fsp3) is 0.538. The Hall–Kier alpha value is -0.500. The van der Waals surface area contributed by atoms with Gasteiger partial charge in [-0.25, -0.2) is 0 Å². The molecule has 1 N–H and O–H groups in total. The molecule has 0 aliphatic heterocycles. The van der Waals surface area contributed by atoms with Crippen molar-refractivity contribution >= 4 is 21.6 Å². The Morgan fingerprint density at radius 2 is 2.20 bits per heavy atom. The van der Waals surface area contributed by atoms with E-state index >= 15 is 0 Å². The summed E-state index contributed by atoms with van der Waals surface area (Å²) in [5.74, 6) is 0.989. The number of hydrogen-bond acceptors (Lipinski definition) is 1. The molecule has 1 aliphatic carbocycles. The molecule has 1 atom stereocenters. The Morgan fingerprint density at radius 1 is 1.47 bits per heavy atom. The number of hydrogen-bond donors (Lipinski definition) is 1. The minimum Gasteiger partial charge on any atom is -0.382 e. The van der Waals surface area contributed by atoms with Crippen LogP contribution in [0.15, 0.2) is 22.7 Å². The summed E-state index contributed by atoms with van der Waals surface area (Å²) in [7, 11) is 0. The van der Waals surface area contributed by atoms with Crippen LogP contribution in [0.4, 0.5) is 5.69 Å². The van der Waals surface area contributed by atoms with E-state index in [1.807, 2.05) is 0 Å². The zero-order chi connectivity index (χ0) is 10.8. The van der Waals surface area contributed by atoms with E-state index in [4.69, 9.17) is 0 Å². The first-order valence-electron chi connectivity index (χ1n) is 5.68. The highest BCUT2D eigenvalue weighted by atomic mass is 79.9. The Morgan fingerprint density at radius 3 is 2.80 bits per heavy atom. The van der Waals surface area contributed by atoms with E-state index in [0.29, 0.717) is 6.04 Å². The fourth-order valence-electron chi connectivity index (χ4n) is 1.97. The van der Waals surface area contributed by atoms with Crippen LogP contribution in [-0.4, -0.2) is 6.04 Å². The lowest BCUT2D eigenvalue weighted by molar-refractivity contribution is 0.642. The van der Waals surface area contributed by atoms with Crippen LogP contribution in [0.5, 0.6) is 0 Å². The van der Waals surface area contributed by atoms with Crippen molar-refractivity contribution in [2.24, 2.45) is 5.92 Å². The predicted octanol–water partition coefficient (Wildman–Crippen LogP) is 4.36. The van der Waals surface area contributed by atoms with Crippen LogP contribution in [-0.2, 0) is 0 Å². The summed E-state index contributed by atoms with van der Waals surface area (Å²) in [5, 5.41) is 3.59. The monoisotopic (exact) mass is 267 g/mol. The molecule has 0 bridgehead atoms. The first-order valence-corrected chi connectivity index (χ1v) is 6.47. The van der Waals surface area contributed by atoms with Gasteiger partial charge in [-0.15, -0.1) is 0 Å². The molecular weight excluding hydrogens is 250 g/mol. The van der Waals surface area contributed by atoms with Crippen LogP contribution in [0.2, 0.25) is 0 Å². The van der Waals surface area contributed by atoms with E-state index in [1.165, 1.54) is 30.5 Å². The second kappa shape index (κ2) is 4.56. The number of rotatable bonds is 4. The van der Waals surface area contributed by atoms with Gasteiger partial charge in [-0.2, -0.15) is 0 Å². The predicted molar refractivity (Wildman–Crippen MR) is 69.3 cm³/mol. The van der Waals surface area contributed by atoms with Crippen LogP contribution in [0.25, 0.3) is 0 Å². The molecule has 0 spiro atoms. The highest BCUT2D eigenvalue weighted by Crippen LogP contribution is 2.34. The van der Waals surface area contributed by atoms with Crippen LogP contribution in [0, 0.1) is 12.8 Å². The lowest BCUT2D eigenvalue weighted by Gasteiger charge is -2.16. The van der Waals surface area contributed by atoms with Crippen molar-refractivity contribution in [3.63, 3.8) is 0 Å². The van der Waals surface area contributed by atoms with Crippen LogP contribution < -0.4 is 5.32 Å². The summed E-state index contributed by atoms with van der Waals surface area (Å²) >= 11 is 3.49. The van der Waals surface area contributed by atoms with E-state index in [9.17, 15) is 0 Å². The Labute approximate surface area is 100 Å². The van der Waals surface area contributed by atoms with Crippen LogP contribution in [0.1, 0.15) is 31.7 Å². The van der Waals surface area contributed by atoms with Gasteiger partial charge in [-0.3, -0.25) is 0 Å². The van der Waals surface area contributed by atoms with Gasteiger partial charge in [0.25, 0.3) is 0 Å². The first kappa shape index (κ1) is 11.0. The van der Waals surface area contributed by atoms with Gasteiger partial charge in [0.15, 0.2) is 0 Å². The molecule has 0 saturated heterocycles. The van der Waals surface area contributed by atoms with Crippen molar-refractivity contribution in [2.75, 3.05) is 5.32 Å². The van der Waals surface area contributed by atoms with Gasteiger partial charge in [0.1, 0.15) is 0 Å². The topological polar surface area (TPSA) is 12.0 Å². The normalized spacial score (nSPS) is 17.5.